The molecule has 0 aromatic rings. The maximum Gasteiger partial charge on any atom is 0.308 e. The molecular formula is C13H26O2. The summed E-state index contributed by atoms with van der Waals surface area (Å²) in [4.78, 5) is 11.3. The number of carbonyl (C=O) groups is 1. The van der Waals surface area contributed by atoms with Gasteiger partial charge in [0, 0.05) is 0 Å². The first-order valence-electron chi connectivity index (χ1n) is 6.01. The van der Waals surface area contributed by atoms with E-state index in [9.17, 15) is 4.79 Å². The molecule has 1 unspecified atom stereocenters. The van der Waals surface area contributed by atoms with Crippen molar-refractivity contribution >= 4 is 5.97 Å². The summed E-state index contributed by atoms with van der Waals surface area (Å²) in [5.74, 6) is 1.64. The maximum atomic E-state index is 11.3. The average Bonchev–Trinajstić information content (AvgIpc) is 2.10. The summed E-state index contributed by atoms with van der Waals surface area (Å²) in [7, 11) is 0. The minimum atomic E-state index is -0.0793. The topological polar surface area (TPSA) is 26.3 Å². The minimum absolute atomic E-state index is 0.0168. The fraction of sp³-hybridized carbons (Fsp3) is 0.923. The molecule has 0 radical (unpaired) electrons. The van der Waals surface area contributed by atoms with Gasteiger partial charge in [0.1, 0.15) is 0 Å². The smallest absolute Gasteiger partial charge is 0.308 e. The van der Waals surface area contributed by atoms with Gasteiger partial charge in [-0.25, -0.2) is 0 Å². The normalized spacial score (nSPS) is 13.7. The summed E-state index contributed by atoms with van der Waals surface area (Å²) in [5.41, 5.74) is 0. The van der Waals surface area contributed by atoms with Crippen LogP contribution in [0.4, 0.5) is 0 Å². The van der Waals surface area contributed by atoms with Crippen molar-refractivity contribution in [1.82, 2.24) is 0 Å². The molecule has 1 atom stereocenters. The molecule has 0 rings (SSSR count). The van der Waals surface area contributed by atoms with E-state index >= 15 is 0 Å². The third-order valence-corrected chi connectivity index (χ3v) is 2.63. The molecule has 0 aromatic carbocycles. The summed E-state index contributed by atoms with van der Waals surface area (Å²) in [5, 5.41) is 0. The van der Waals surface area contributed by atoms with Crippen molar-refractivity contribution in [3.05, 3.63) is 0 Å². The summed E-state index contributed by atoms with van der Waals surface area (Å²) in [6.07, 6.45) is 1.13. The van der Waals surface area contributed by atoms with Crippen molar-refractivity contribution in [1.29, 1.82) is 0 Å². The third kappa shape index (κ3) is 6.53. The molecule has 0 saturated heterocycles. The van der Waals surface area contributed by atoms with Gasteiger partial charge in [0.05, 0.1) is 12.5 Å². The second-order valence-electron chi connectivity index (χ2n) is 5.42. The quantitative estimate of drug-likeness (QED) is 0.632. The van der Waals surface area contributed by atoms with E-state index in [-0.39, 0.29) is 11.9 Å². The predicted octanol–water partition coefficient (Wildman–Crippen LogP) is 3.50. The van der Waals surface area contributed by atoms with Gasteiger partial charge in [0.15, 0.2) is 0 Å². The molecule has 0 bridgehead atoms. The number of esters is 1. The fourth-order valence-corrected chi connectivity index (χ4v) is 1.49. The van der Waals surface area contributed by atoms with Crippen LogP contribution >= 0.6 is 0 Å². The van der Waals surface area contributed by atoms with E-state index in [4.69, 9.17) is 4.74 Å². The highest BCUT2D eigenvalue weighted by atomic mass is 16.5. The van der Waals surface area contributed by atoms with Crippen LogP contribution < -0.4 is 0 Å². The Bertz CT molecular complexity index is 183. The molecule has 0 aliphatic rings. The number of ether oxygens (including phenoxy) is 1. The van der Waals surface area contributed by atoms with Crippen LogP contribution in [-0.4, -0.2) is 12.6 Å². The lowest BCUT2D eigenvalue weighted by Crippen LogP contribution is -2.22. The Hall–Kier alpha value is -0.530. The van der Waals surface area contributed by atoms with Gasteiger partial charge in [0.2, 0.25) is 0 Å². The van der Waals surface area contributed by atoms with Crippen LogP contribution in [0.25, 0.3) is 0 Å². The lowest BCUT2D eigenvalue weighted by atomic mass is 9.88. The molecule has 0 aliphatic heterocycles. The number of hydrogen-bond acceptors (Lipinski definition) is 2. The zero-order chi connectivity index (χ0) is 12.0. The molecule has 90 valence electrons. The number of carbonyl (C=O) groups excluding carboxylic acids is 1. The van der Waals surface area contributed by atoms with Crippen LogP contribution in [0.1, 0.15) is 48.0 Å². The summed E-state index contributed by atoms with van der Waals surface area (Å²) in [6.45, 7) is 13.1. The minimum Gasteiger partial charge on any atom is -0.465 e. The molecule has 0 heterocycles. The van der Waals surface area contributed by atoms with Gasteiger partial charge < -0.3 is 4.74 Å². The van der Waals surface area contributed by atoms with Gasteiger partial charge >= 0.3 is 5.97 Å². The zero-order valence-corrected chi connectivity index (χ0v) is 11.0. The van der Waals surface area contributed by atoms with E-state index in [1.807, 2.05) is 13.8 Å². The Labute approximate surface area is 94.4 Å². The van der Waals surface area contributed by atoms with Crippen LogP contribution in [-0.2, 0) is 9.53 Å². The van der Waals surface area contributed by atoms with E-state index in [0.717, 1.165) is 6.42 Å². The van der Waals surface area contributed by atoms with Crippen LogP contribution in [0.5, 0.6) is 0 Å². The van der Waals surface area contributed by atoms with Crippen molar-refractivity contribution in [2.45, 2.75) is 48.0 Å². The molecular weight excluding hydrogens is 188 g/mol. The largest absolute Gasteiger partial charge is 0.465 e. The van der Waals surface area contributed by atoms with Crippen molar-refractivity contribution < 1.29 is 9.53 Å². The third-order valence-electron chi connectivity index (χ3n) is 2.63. The van der Waals surface area contributed by atoms with E-state index in [1.165, 1.54) is 0 Å². The number of rotatable bonds is 6. The Morgan fingerprint density at radius 2 is 1.60 bits per heavy atom. The highest BCUT2D eigenvalue weighted by Gasteiger charge is 2.18. The highest BCUT2D eigenvalue weighted by molar-refractivity contribution is 5.71. The molecule has 0 aliphatic carbocycles. The average molecular weight is 214 g/mol. The Kier molecular flexibility index (Phi) is 6.62. The first-order valence-corrected chi connectivity index (χ1v) is 6.01. The highest BCUT2D eigenvalue weighted by Crippen LogP contribution is 2.20. The van der Waals surface area contributed by atoms with Crippen molar-refractivity contribution in [2.24, 2.45) is 23.7 Å². The molecule has 2 heteroatoms. The Balaban J connectivity index is 4.02. The maximum absolute atomic E-state index is 11.3. The summed E-state index contributed by atoms with van der Waals surface area (Å²) in [6, 6.07) is 0. The van der Waals surface area contributed by atoms with Crippen LogP contribution in [0.15, 0.2) is 0 Å². The van der Waals surface area contributed by atoms with Gasteiger partial charge in [-0.15, -0.1) is 0 Å². The van der Waals surface area contributed by atoms with Gasteiger partial charge in [-0.1, -0.05) is 41.5 Å². The Morgan fingerprint density at radius 1 is 1.07 bits per heavy atom. The number of hydrogen-bond donors (Lipinski definition) is 0. The van der Waals surface area contributed by atoms with Crippen molar-refractivity contribution in [3.63, 3.8) is 0 Å². The molecule has 0 saturated carbocycles. The second-order valence-corrected chi connectivity index (χ2v) is 5.42. The van der Waals surface area contributed by atoms with Crippen LogP contribution in [0.2, 0.25) is 0 Å². The monoisotopic (exact) mass is 214 g/mol. The van der Waals surface area contributed by atoms with E-state index in [2.05, 4.69) is 27.7 Å². The summed E-state index contributed by atoms with van der Waals surface area (Å²) < 4.78 is 5.29. The molecule has 0 spiro atoms. The first kappa shape index (κ1) is 14.5. The predicted molar refractivity (Wildman–Crippen MR) is 63.6 cm³/mol. The molecule has 0 amide bonds. The molecule has 2 nitrogen and oxygen atoms in total. The molecule has 15 heavy (non-hydrogen) atoms. The van der Waals surface area contributed by atoms with Gasteiger partial charge in [-0.2, -0.15) is 0 Å². The second kappa shape index (κ2) is 6.86. The lowest BCUT2D eigenvalue weighted by Gasteiger charge is -2.22. The van der Waals surface area contributed by atoms with E-state index in [1.54, 1.807) is 0 Å². The van der Waals surface area contributed by atoms with Crippen molar-refractivity contribution in [3.8, 4) is 0 Å². The molecule has 0 aromatic heterocycles. The van der Waals surface area contributed by atoms with E-state index < -0.39 is 0 Å². The van der Waals surface area contributed by atoms with Gasteiger partial charge in [0.25, 0.3) is 0 Å². The lowest BCUT2D eigenvalue weighted by molar-refractivity contribution is -0.149. The summed E-state index contributed by atoms with van der Waals surface area (Å²) >= 11 is 0. The van der Waals surface area contributed by atoms with Crippen molar-refractivity contribution in [2.75, 3.05) is 6.61 Å². The first-order chi connectivity index (χ1) is 6.84. The molecule has 0 N–H and O–H groups in total. The zero-order valence-electron chi connectivity index (χ0n) is 11.0. The molecule has 0 fully saturated rings. The standard InChI is InChI=1S/C13H26O2/c1-9(2)7-12(10(3)4)8-15-13(14)11(5)6/h9-12H,7-8H2,1-6H3. The SMILES string of the molecule is CC(C)CC(COC(=O)C(C)C)C(C)C. The van der Waals surface area contributed by atoms with Crippen LogP contribution in [0.3, 0.4) is 0 Å². The fourth-order valence-electron chi connectivity index (χ4n) is 1.49. The van der Waals surface area contributed by atoms with E-state index in [0.29, 0.717) is 24.4 Å². The van der Waals surface area contributed by atoms with Gasteiger partial charge in [-0.3, -0.25) is 4.79 Å². The van der Waals surface area contributed by atoms with Crippen LogP contribution in [0, 0.1) is 23.7 Å². The van der Waals surface area contributed by atoms with Gasteiger partial charge in [-0.05, 0) is 24.2 Å². The Morgan fingerprint density at radius 3 is 1.93 bits per heavy atom.